The van der Waals surface area contributed by atoms with Gasteiger partial charge in [0.25, 0.3) is 0 Å². The van der Waals surface area contributed by atoms with E-state index in [1.54, 1.807) is 6.20 Å². The van der Waals surface area contributed by atoms with Crippen molar-refractivity contribution in [2.45, 2.75) is 39.2 Å². The molecule has 0 bridgehead atoms. The van der Waals surface area contributed by atoms with Gasteiger partial charge in [-0.3, -0.25) is 14.6 Å². The fraction of sp³-hybridized carbons (Fsp3) is 0.588. The molecule has 118 valence electrons. The minimum Gasteiger partial charge on any atom is -0.306 e. The highest BCUT2D eigenvalue weighted by Gasteiger charge is 2.21. The van der Waals surface area contributed by atoms with E-state index in [1.807, 2.05) is 17.1 Å². The first kappa shape index (κ1) is 15.2. The van der Waals surface area contributed by atoms with Crippen LogP contribution in [0.1, 0.15) is 31.9 Å². The highest BCUT2D eigenvalue weighted by atomic mass is 15.3. The molecule has 0 spiro atoms. The summed E-state index contributed by atoms with van der Waals surface area (Å²) in [6.45, 7) is 5.46. The third-order valence-corrected chi connectivity index (χ3v) is 4.37. The van der Waals surface area contributed by atoms with E-state index in [-0.39, 0.29) is 0 Å². The van der Waals surface area contributed by atoms with Gasteiger partial charge in [0.15, 0.2) is 0 Å². The Balaban J connectivity index is 1.85. The lowest BCUT2D eigenvalue weighted by Gasteiger charge is -2.29. The topological polar surface area (TPSA) is 46.8 Å². The quantitative estimate of drug-likeness (QED) is 0.851. The van der Waals surface area contributed by atoms with Crippen molar-refractivity contribution >= 4 is 0 Å². The Morgan fingerprint density at radius 1 is 1.23 bits per heavy atom. The number of rotatable bonds is 5. The number of aryl methyl sites for hydroxylation is 1. The second kappa shape index (κ2) is 7.01. The molecular formula is C17H25N5. The van der Waals surface area contributed by atoms with Crippen molar-refractivity contribution in [1.29, 1.82) is 0 Å². The van der Waals surface area contributed by atoms with Crippen LogP contribution in [0.4, 0.5) is 0 Å². The van der Waals surface area contributed by atoms with Crippen molar-refractivity contribution in [3.63, 3.8) is 0 Å². The molecule has 2 aromatic heterocycles. The van der Waals surface area contributed by atoms with Gasteiger partial charge >= 0.3 is 0 Å². The minimum atomic E-state index is 0.678. The van der Waals surface area contributed by atoms with Crippen LogP contribution >= 0.6 is 0 Å². The summed E-state index contributed by atoms with van der Waals surface area (Å²) >= 11 is 0. The molecule has 0 aliphatic carbocycles. The van der Waals surface area contributed by atoms with Crippen LogP contribution in [0.15, 0.2) is 24.7 Å². The fourth-order valence-electron chi connectivity index (χ4n) is 3.37. The van der Waals surface area contributed by atoms with E-state index in [2.05, 4.69) is 40.0 Å². The number of nitrogens with zero attached hydrogens (tertiary/aromatic N) is 5. The molecule has 3 rings (SSSR count). The maximum atomic E-state index is 4.63. The van der Waals surface area contributed by atoms with Crippen LogP contribution in [0.25, 0.3) is 11.4 Å². The second-order valence-electron chi connectivity index (χ2n) is 6.27. The first-order valence-corrected chi connectivity index (χ1v) is 8.28. The zero-order chi connectivity index (χ0) is 15.4. The third kappa shape index (κ3) is 3.35. The number of piperidine rings is 1. The normalized spacial score (nSPS) is 19.5. The Labute approximate surface area is 132 Å². The first-order chi connectivity index (χ1) is 10.8. The Morgan fingerprint density at radius 3 is 2.91 bits per heavy atom. The lowest BCUT2D eigenvalue weighted by molar-refractivity contribution is 0.208. The number of hydrogen-bond donors (Lipinski definition) is 0. The number of hydrogen-bond acceptors (Lipinski definition) is 4. The van der Waals surface area contributed by atoms with Gasteiger partial charge in [0.1, 0.15) is 5.69 Å². The summed E-state index contributed by atoms with van der Waals surface area (Å²) in [5.74, 6) is 0.678. The maximum absolute atomic E-state index is 4.63. The van der Waals surface area contributed by atoms with Gasteiger partial charge in [0, 0.05) is 31.7 Å². The number of likely N-dealkylation sites (tertiary alicyclic amines) is 1. The van der Waals surface area contributed by atoms with Gasteiger partial charge < -0.3 is 4.90 Å². The van der Waals surface area contributed by atoms with Crippen molar-refractivity contribution in [3.8, 4) is 11.4 Å². The second-order valence-corrected chi connectivity index (χ2v) is 6.27. The van der Waals surface area contributed by atoms with Crippen LogP contribution in [-0.4, -0.2) is 44.8 Å². The maximum Gasteiger partial charge on any atom is 0.110 e. The Hall–Kier alpha value is -1.75. The average molecular weight is 299 g/mol. The summed E-state index contributed by atoms with van der Waals surface area (Å²) in [7, 11) is 2.21. The lowest BCUT2D eigenvalue weighted by Crippen LogP contribution is -2.33. The minimum absolute atomic E-state index is 0.678. The predicted octanol–water partition coefficient (Wildman–Crippen LogP) is 2.63. The summed E-state index contributed by atoms with van der Waals surface area (Å²) in [5, 5.41) is 4.42. The van der Waals surface area contributed by atoms with Gasteiger partial charge in [-0.15, -0.1) is 0 Å². The van der Waals surface area contributed by atoms with Crippen LogP contribution in [0.3, 0.4) is 0 Å². The van der Waals surface area contributed by atoms with Gasteiger partial charge in [-0.2, -0.15) is 5.10 Å². The highest BCUT2D eigenvalue weighted by molar-refractivity contribution is 5.57. The van der Waals surface area contributed by atoms with E-state index < -0.39 is 0 Å². The molecule has 3 heterocycles. The monoisotopic (exact) mass is 299 g/mol. The molecule has 2 aromatic rings. The van der Waals surface area contributed by atoms with Crippen molar-refractivity contribution < 1.29 is 0 Å². The first-order valence-electron chi connectivity index (χ1n) is 8.28. The van der Waals surface area contributed by atoms with E-state index >= 15 is 0 Å². The smallest absolute Gasteiger partial charge is 0.110 e. The van der Waals surface area contributed by atoms with Gasteiger partial charge in [-0.05, 0) is 51.3 Å². The van der Waals surface area contributed by atoms with E-state index in [4.69, 9.17) is 0 Å². The van der Waals surface area contributed by atoms with E-state index in [0.717, 1.165) is 43.0 Å². The molecule has 22 heavy (non-hydrogen) atoms. The van der Waals surface area contributed by atoms with Gasteiger partial charge in [0.05, 0.1) is 11.4 Å². The standard InChI is InChI=1S/C17H25N5/c1-3-10-22-16(6-7-20-22)17-15(18-8-9-19-17)12-14-5-4-11-21(2)13-14/h6-9,14H,3-5,10-13H2,1-2H3/t14-/m0/s1. The molecule has 0 radical (unpaired) electrons. The Bertz CT molecular complexity index is 607. The molecule has 1 aliphatic heterocycles. The van der Waals surface area contributed by atoms with Gasteiger partial charge in [0.2, 0.25) is 0 Å². The van der Waals surface area contributed by atoms with E-state index in [1.165, 1.54) is 19.4 Å². The summed E-state index contributed by atoms with van der Waals surface area (Å²) < 4.78 is 2.04. The van der Waals surface area contributed by atoms with Crippen LogP contribution in [-0.2, 0) is 13.0 Å². The molecule has 5 heteroatoms. The third-order valence-electron chi connectivity index (χ3n) is 4.37. The lowest BCUT2D eigenvalue weighted by atomic mass is 9.92. The molecule has 5 nitrogen and oxygen atoms in total. The van der Waals surface area contributed by atoms with E-state index in [0.29, 0.717) is 5.92 Å². The fourth-order valence-corrected chi connectivity index (χ4v) is 3.37. The molecule has 1 fully saturated rings. The highest BCUT2D eigenvalue weighted by Crippen LogP contribution is 2.25. The molecule has 0 unspecified atom stereocenters. The summed E-state index contributed by atoms with van der Waals surface area (Å²) in [4.78, 5) is 11.7. The summed E-state index contributed by atoms with van der Waals surface area (Å²) in [6.07, 6.45) is 10.1. The van der Waals surface area contributed by atoms with Crippen molar-refractivity contribution in [2.75, 3.05) is 20.1 Å². The van der Waals surface area contributed by atoms with Crippen molar-refractivity contribution in [1.82, 2.24) is 24.6 Å². The number of aromatic nitrogens is 4. The van der Waals surface area contributed by atoms with Crippen LogP contribution in [0.5, 0.6) is 0 Å². The average Bonchev–Trinajstić information content (AvgIpc) is 2.96. The van der Waals surface area contributed by atoms with Gasteiger partial charge in [-0.1, -0.05) is 6.92 Å². The molecule has 0 amide bonds. The summed E-state index contributed by atoms with van der Waals surface area (Å²) in [5.41, 5.74) is 3.21. The molecular weight excluding hydrogens is 274 g/mol. The zero-order valence-electron chi connectivity index (χ0n) is 13.6. The molecule has 1 aliphatic rings. The Kier molecular flexibility index (Phi) is 4.83. The largest absolute Gasteiger partial charge is 0.306 e. The van der Waals surface area contributed by atoms with Crippen LogP contribution in [0.2, 0.25) is 0 Å². The molecule has 0 aromatic carbocycles. The van der Waals surface area contributed by atoms with Crippen molar-refractivity contribution in [3.05, 3.63) is 30.4 Å². The van der Waals surface area contributed by atoms with E-state index in [9.17, 15) is 0 Å². The SMILES string of the molecule is CCCn1nccc1-c1nccnc1C[C@@H]1CCCN(C)C1. The van der Waals surface area contributed by atoms with Crippen molar-refractivity contribution in [2.24, 2.45) is 5.92 Å². The molecule has 0 saturated carbocycles. The predicted molar refractivity (Wildman–Crippen MR) is 87.5 cm³/mol. The molecule has 1 saturated heterocycles. The Morgan fingerprint density at radius 2 is 2.09 bits per heavy atom. The van der Waals surface area contributed by atoms with Gasteiger partial charge in [-0.25, -0.2) is 0 Å². The van der Waals surface area contributed by atoms with Crippen LogP contribution < -0.4 is 0 Å². The summed E-state index contributed by atoms with van der Waals surface area (Å²) in [6, 6.07) is 2.05. The zero-order valence-corrected chi connectivity index (χ0v) is 13.6. The molecule has 1 atom stereocenters. The van der Waals surface area contributed by atoms with Crippen LogP contribution in [0, 0.1) is 5.92 Å². The molecule has 0 N–H and O–H groups in total.